The molecule has 6 nitrogen and oxygen atoms in total. The summed E-state index contributed by atoms with van der Waals surface area (Å²) in [4.78, 5) is 1.94. The van der Waals surface area contributed by atoms with Gasteiger partial charge in [-0.15, -0.1) is 0 Å². The number of nitriles is 1. The third kappa shape index (κ3) is 7.52. The van der Waals surface area contributed by atoms with Crippen LogP contribution in [0.25, 0.3) is 0 Å². The first kappa shape index (κ1) is 18.6. The molecule has 1 aromatic rings. The van der Waals surface area contributed by atoms with Crippen molar-refractivity contribution in [2.45, 2.75) is 32.0 Å². The van der Waals surface area contributed by atoms with Gasteiger partial charge in [-0.1, -0.05) is 30.3 Å². The van der Waals surface area contributed by atoms with Crippen molar-refractivity contribution in [3.05, 3.63) is 35.9 Å². The quantitative estimate of drug-likeness (QED) is 0.684. The Morgan fingerprint density at radius 2 is 2.00 bits per heavy atom. The molecule has 0 aliphatic heterocycles. The fraction of sp³-hybridized carbons (Fsp3) is 0.533. The van der Waals surface area contributed by atoms with E-state index in [1.807, 2.05) is 42.2 Å². The van der Waals surface area contributed by atoms with E-state index in [1.54, 1.807) is 0 Å². The number of nitrogens with zero attached hydrogens (tertiary/aromatic N) is 2. The van der Waals surface area contributed by atoms with Gasteiger partial charge in [-0.2, -0.15) is 13.7 Å². The second-order valence-electron chi connectivity index (χ2n) is 5.27. The molecule has 122 valence electrons. The molecule has 1 rings (SSSR count). The van der Waals surface area contributed by atoms with Gasteiger partial charge in [0.25, 0.3) is 10.1 Å². The number of benzene rings is 1. The average Bonchev–Trinajstić information content (AvgIpc) is 2.45. The largest absolute Gasteiger partial charge is 0.389 e. The molecule has 0 aliphatic rings. The van der Waals surface area contributed by atoms with Crippen molar-refractivity contribution in [1.82, 2.24) is 4.90 Å². The maximum atomic E-state index is 11.0. The van der Waals surface area contributed by atoms with Crippen LogP contribution in [0.4, 0.5) is 0 Å². The van der Waals surface area contributed by atoms with Crippen molar-refractivity contribution in [1.29, 1.82) is 5.26 Å². The van der Waals surface area contributed by atoms with Crippen molar-refractivity contribution >= 4 is 10.1 Å². The summed E-state index contributed by atoms with van der Waals surface area (Å²) in [5.74, 6) is 0. The lowest BCUT2D eigenvalue weighted by Gasteiger charge is -2.29. The lowest BCUT2D eigenvalue weighted by Crippen LogP contribution is -2.40. The molecule has 0 saturated carbocycles. The number of aliphatic hydroxyl groups excluding tert-OH is 1. The van der Waals surface area contributed by atoms with Crippen LogP contribution in [0.5, 0.6) is 0 Å². The van der Waals surface area contributed by atoms with Crippen LogP contribution in [0.1, 0.15) is 18.9 Å². The molecule has 7 heteroatoms. The molecule has 0 heterocycles. The number of hydrogen-bond donors (Lipinski definition) is 1. The molecule has 0 aliphatic carbocycles. The predicted molar refractivity (Wildman–Crippen MR) is 83.3 cm³/mol. The third-order valence-corrected chi connectivity index (χ3v) is 3.72. The van der Waals surface area contributed by atoms with Crippen molar-refractivity contribution in [3.63, 3.8) is 0 Å². The Morgan fingerprint density at radius 1 is 1.36 bits per heavy atom. The van der Waals surface area contributed by atoms with Gasteiger partial charge in [0.05, 0.1) is 31.5 Å². The molecule has 1 N–H and O–H groups in total. The van der Waals surface area contributed by atoms with Gasteiger partial charge in [-0.05, 0) is 12.5 Å². The van der Waals surface area contributed by atoms with Crippen molar-refractivity contribution < 1.29 is 17.7 Å². The standard InChI is InChI=1S/C15H22N2O4S/c1-13(8-9-16)17(10-14-6-4-3-5-7-14)11-15(18)12-21-22(2,19)20/h3-7,13,15,18H,8,10-12H2,1-2H3/t13?,15-/m0/s1. The van der Waals surface area contributed by atoms with E-state index in [9.17, 15) is 13.5 Å². The second-order valence-corrected chi connectivity index (χ2v) is 6.91. The summed E-state index contributed by atoms with van der Waals surface area (Å²) in [6, 6.07) is 11.7. The maximum absolute atomic E-state index is 11.0. The van der Waals surface area contributed by atoms with E-state index in [1.165, 1.54) is 0 Å². The van der Waals surface area contributed by atoms with E-state index in [0.29, 0.717) is 13.0 Å². The Kier molecular flexibility index (Phi) is 7.48. The molecular weight excluding hydrogens is 304 g/mol. The molecule has 0 fully saturated rings. The average molecular weight is 326 g/mol. The molecule has 1 unspecified atom stereocenters. The zero-order valence-electron chi connectivity index (χ0n) is 12.8. The molecule has 0 spiro atoms. The van der Waals surface area contributed by atoms with E-state index < -0.39 is 16.2 Å². The summed E-state index contributed by atoms with van der Waals surface area (Å²) >= 11 is 0. The zero-order chi connectivity index (χ0) is 16.6. The van der Waals surface area contributed by atoms with Gasteiger partial charge in [0, 0.05) is 19.1 Å². The minimum atomic E-state index is -3.58. The van der Waals surface area contributed by atoms with E-state index >= 15 is 0 Å². The zero-order valence-corrected chi connectivity index (χ0v) is 13.7. The van der Waals surface area contributed by atoms with Crippen LogP contribution in [0.2, 0.25) is 0 Å². The summed E-state index contributed by atoms with van der Waals surface area (Å²) in [5, 5.41) is 18.8. The highest BCUT2D eigenvalue weighted by atomic mass is 32.2. The topological polar surface area (TPSA) is 90.6 Å². The van der Waals surface area contributed by atoms with Gasteiger partial charge < -0.3 is 5.11 Å². The highest BCUT2D eigenvalue weighted by Gasteiger charge is 2.19. The lowest BCUT2D eigenvalue weighted by atomic mass is 10.1. The number of hydrogen-bond acceptors (Lipinski definition) is 6. The van der Waals surface area contributed by atoms with Gasteiger partial charge in [-0.3, -0.25) is 9.08 Å². The molecule has 0 saturated heterocycles. The molecule has 0 aromatic heterocycles. The molecule has 1 aromatic carbocycles. The summed E-state index contributed by atoms with van der Waals surface area (Å²) < 4.78 is 26.5. The Labute approximate surface area is 132 Å². The first-order valence-electron chi connectivity index (χ1n) is 6.99. The van der Waals surface area contributed by atoms with Gasteiger partial charge in [-0.25, -0.2) is 0 Å². The van der Waals surface area contributed by atoms with Gasteiger partial charge in [0.2, 0.25) is 0 Å². The molecule has 0 bridgehead atoms. The molecule has 0 radical (unpaired) electrons. The number of aliphatic hydroxyl groups is 1. The van der Waals surface area contributed by atoms with Crippen LogP contribution in [0.3, 0.4) is 0 Å². The van der Waals surface area contributed by atoms with Crippen LogP contribution >= 0.6 is 0 Å². The van der Waals surface area contributed by atoms with Crippen molar-refractivity contribution in [3.8, 4) is 6.07 Å². The van der Waals surface area contributed by atoms with Crippen LogP contribution in [-0.4, -0.2) is 50.0 Å². The first-order valence-corrected chi connectivity index (χ1v) is 8.81. The predicted octanol–water partition coefficient (Wildman–Crippen LogP) is 1.13. The Bertz CT molecular complexity index is 583. The molecule has 0 amide bonds. The minimum absolute atomic E-state index is 0.0573. The van der Waals surface area contributed by atoms with Crippen LogP contribution < -0.4 is 0 Å². The van der Waals surface area contributed by atoms with Crippen molar-refractivity contribution in [2.75, 3.05) is 19.4 Å². The van der Waals surface area contributed by atoms with Gasteiger partial charge in [0.15, 0.2) is 0 Å². The van der Waals surface area contributed by atoms with E-state index in [-0.39, 0.29) is 19.2 Å². The minimum Gasteiger partial charge on any atom is -0.389 e. The molecular formula is C15H22N2O4S. The Morgan fingerprint density at radius 3 is 2.55 bits per heavy atom. The highest BCUT2D eigenvalue weighted by Crippen LogP contribution is 2.11. The van der Waals surface area contributed by atoms with E-state index in [4.69, 9.17) is 5.26 Å². The summed E-state index contributed by atoms with van der Waals surface area (Å²) in [6.45, 7) is 2.41. The van der Waals surface area contributed by atoms with Crippen LogP contribution in [0.15, 0.2) is 30.3 Å². The Balaban J connectivity index is 2.67. The third-order valence-electron chi connectivity index (χ3n) is 3.16. The maximum Gasteiger partial charge on any atom is 0.264 e. The first-order chi connectivity index (χ1) is 10.3. The molecule has 2 atom stereocenters. The fourth-order valence-electron chi connectivity index (χ4n) is 2.01. The Hall–Kier alpha value is -1.46. The monoisotopic (exact) mass is 326 g/mol. The van der Waals surface area contributed by atoms with Crippen LogP contribution in [-0.2, 0) is 20.8 Å². The van der Waals surface area contributed by atoms with Crippen molar-refractivity contribution in [2.24, 2.45) is 0 Å². The summed E-state index contributed by atoms with van der Waals surface area (Å²) in [5.41, 5.74) is 1.06. The fourth-order valence-corrected chi connectivity index (χ4v) is 2.41. The van der Waals surface area contributed by atoms with Crippen LogP contribution in [0, 0.1) is 11.3 Å². The lowest BCUT2D eigenvalue weighted by molar-refractivity contribution is 0.0541. The SMILES string of the molecule is CC(CC#N)N(Cc1ccccc1)C[C@H](O)COS(C)(=O)=O. The molecule has 22 heavy (non-hydrogen) atoms. The summed E-state index contributed by atoms with van der Waals surface area (Å²) in [7, 11) is -3.58. The van der Waals surface area contributed by atoms with E-state index in [2.05, 4.69) is 10.3 Å². The normalized spacial score (nSPS) is 14.5. The number of rotatable bonds is 9. The summed E-state index contributed by atoms with van der Waals surface area (Å²) in [6.07, 6.45) is 0.325. The highest BCUT2D eigenvalue weighted by molar-refractivity contribution is 7.85. The van der Waals surface area contributed by atoms with Gasteiger partial charge in [0.1, 0.15) is 0 Å². The second kappa shape index (κ2) is 8.86. The smallest absolute Gasteiger partial charge is 0.264 e. The van der Waals surface area contributed by atoms with Gasteiger partial charge >= 0.3 is 0 Å². The van der Waals surface area contributed by atoms with E-state index in [0.717, 1.165) is 11.8 Å².